The molecule has 0 aromatic heterocycles. The Bertz CT molecular complexity index is 1150. The van der Waals surface area contributed by atoms with E-state index in [0.717, 1.165) is 0 Å². The number of nitrogens with zero attached hydrogens (tertiary/aromatic N) is 1. The molecule has 8 heteroatoms. The predicted molar refractivity (Wildman–Crippen MR) is 110 cm³/mol. The topological polar surface area (TPSA) is 82.1 Å². The van der Waals surface area contributed by atoms with Crippen molar-refractivity contribution in [1.82, 2.24) is 0 Å². The van der Waals surface area contributed by atoms with Gasteiger partial charge in [0.05, 0.1) is 10.6 Å². The summed E-state index contributed by atoms with van der Waals surface area (Å²) in [7, 11) is -2.22. The van der Waals surface area contributed by atoms with Crippen LogP contribution in [0.25, 0.3) is 0 Å². The van der Waals surface area contributed by atoms with Crippen LogP contribution < -0.4 is 18.5 Å². The van der Waals surface area contributed by atoms with Gasteiger partial charge >= 0.3 is 5.97 Å². The zero-order valence-corrected chi connectivity index (χ0v) is 16.9. The molecule has 0 fully saturated rings. The fourth-order valence-corrected chi connectivity index (χ4v) is 4.15. The Kier molecular flexibility index (Phi) is 5.33. The second-order valence-corrected chi connectivity index (χ2v) is 8.53. The van der Waals surface area contributed by atoms with Crippen LogP contribution in [0.1, 0.15) is 0 Å². The molecule has 0 spiro atoms. The number of hydrogen-bond donors (Lipinski definition) is 0. The van der Waals surface area contributed by atoms with Gasteiger partial charge in [0, 0.05) is 7.05 Å². The van der Waals surface area contributed by atoms with Crippen LogP contribution in [-0.4, -0.2) is 34.1 Å². The van der Waals surface area contributed by atoms with Gasteiger partial charge in [-0.25, -0.2) is 13.2 Å². The first-order chi connectivity index (χ1) is 14.4. The Labute approximate surface area is 174 Å². The molecule has 1 atom stereocenters. The van der Waals surface area contributed by atoms with E-state index < -0.39 is 22.1 Å². The van der Waals surface area contributed by atoms with Crippen LogP contribution in [0, 0.1) is 0 Å². The largest absolute Gasteiger partial charge is 0.485 e. The maximum Gasteiger partial charge on any atom is 0.356 e. The zero-order chi connectivity index (χ0) is 21.1. The number of sulfonamides is 1. The molecule has 0 saturated heterocycles. The molecule has 0 radical (unpaired) electrons. The lowest BCUT2D eigenvalue weighted by atomic mass is 10.2. The Morgan fingerprint density at radius 3 is 2.27 bits per heavy atom. The van der Waals surface area contributed by atoms with Gasteiger partial charge in [0.2, 0.25) is 6.10 Å². The molecule has 3 aromatic rings. The van der Waals surface area contributed by atoms with Gasteiger partial charge in [-0.3, -0.25) is 4.31 Å². The highest BCUT2D eigenvalue weighted by molar-refractivity contribution is 7.92. The van der Waals surface area contributed by atoms with Crippen LogP contribution >= 0.6 is 0 Å². The van der Waals surface area contributed by atoms with E-state index in [0.29, 0.717) is 17.2 Å². The van der Waals surface area contributed by atoms with E-state index >= 15 is 0 Å². The third-order valence-corrected chi connectivity index (χ3v) is 6.39. The average Bonchev–Trinajstić information content (AvgIpc) is 2.79. The van der Waals surface area contributed by atoms with Crippen molar-refractivity contribution in [2.45, 2.75) is 11.0 Å². The molecule has 4 rings (SSSR count). The SMILES string of the molecule is CN(c1ccc(OC(=O)C2COc3ccccc3O2)cc1)S(=O)(=O)c1ccccc1. The third-order valence-electron chi connectivity index (χ3n) is 4.59. The van der Waals surface area contributed by atoms with Gasteiger partial charge in [0.25, 0.3) is 10.0 Å². The van der Waals surface area contributed by atoms with Gasteiger partial charge < -0.3 is 14.2 Å². The lowest BCUT2D eigenvalue weighted by Gasteiger charge is -2.25. The molecular formula is C22H19NO6S. The number of anilines is 1. The van der Waals surface area contributed by atoms with E-state index in [2.05, 4.69) is 0 Å². The highest BCUT2D eigenvalue weighted by Crippen LogP contribution is 2.31. The number of hydrogen-bond acceptors (Lipinski definition) is 6. The molecule has 0 N–H and O–H groups in total. The summed E-state index contributed by atoms with van der Waals surface area (Å²) in [5.74, 6) is 0.738. The van der Waals surface area contributed by atoms with Gasteiger partial charge in [-0.05, 0) is 48.5 Å². The van der Waals surface area contributed by atoms with Crippen LogP contribution in [0.15, 0.2) is 83.8 Å². The highest BCUT2D eigenvalue weighted by Gasteiger charge is 2.29. The molecule has 1 unspecified atom stereocenters. The maximum atomic E-state index is 12.7. The van der Waals surface area contributed by atoms with Crippen LogP contribution in [0.4, 0.5) is 5.69 Å². The molecule has 154 valence electrons. The van der Waals surface area contributed by atoms with Crippen LogP contribution in [0.5, 0.6) is 17.2 Å². The Balaban J connectivity index is 1.43. The molecule has 0 saturated carbocycles. The van der Waals surface area contributed by atoms with Crippen molar-refractivity contribution in [2.24, 2.45) is 0 Å². The van der Waals surface area contributed by atoms with E-state index in [-0.39, 0.29) is 17.3 Å². The van der Waals surface area contributed by atoms with Crippen LogP contribution in [-0.2, 0) is 14.8 Å². The number of rotatable bonds is 5. The summed E-state index contributed by atoms with van der Waals surface area (Å²) in [6.45, 7) is 0.0476. The molecule has 0 aliphatic carbocycles. The summed E-state index contributed by atoms with van der Waals surface area (Å²) in [5, 5.41) is 0. The van der Waals surface area contributed by atoms with E-state index in [9.17, 15) is 13.2 Å². The normalized spacial score (nSPS) is 15.3. The lowest BCUT2D eigenvalue weighted by Crippen LogP contribution is -2.39. The third kappa shape index (κ3) is 3.95. The van der Waals surface area contributed by atoms with Gasteiger partial charge in [-0.1, -0.05) is 30.3 Å². The number of para-hydroxylation sites is 2. The summed E-state index contributed by atoms with van der Waals surface area (Å²) < 4.78 is 43.1. The number of carbonyl (C=O) groups is 1. The molecule has 0 amide bonds. The van der Waals surface area contributed by atoms with Crippen molar-refractivity contribution >= 4 is 21.7 Å². The van der Waals surface area contributed by atoms with Gasteiger partial charge in [0.1, 0.15) is 12.4 Å². The summed E-state index contributed by atoms with van der Waals surface area (Å²) in [5.41, 5.74) is 0.435. The first kappa shape index (κ1) is 19.8. The average molecular weight is 425 g/mol. The summed E-state index contributed by atoms with van der Waals surface area (Å²) in [4.78, 5) is 12.6. The number of fused-ring (bicyclic) bond motifs is 1. The van der Waals surface area contributed by atoms with Crippen molar-refractivity contribution in [2.75, 3.05) is 18.0 Å². The minimum Gasteiger partial charge on any atom is -0.485 e. The van der Waals surface area contributed by atoms with Gasteiger partial charge in [0.15, 0.2) is 11.5 Å². The Morgan fingerprint density at radius 2 is 1.57 bits per heavy atom. The standard InChI is InChI=1S/C22H19NO6S/c1-23(30(25,26)18-7-3-2-4-8-18)16-11-13-17(14-12-16)28-22(24)21-15-27-19-9-5-6-10-20(19)29-21/h2-14,21H,15H2,1H3. The van der Waals surface area contributed by atoms with Gasteiger partial charge in [-0.15, -0.1) is 0 Å². The van der Waals surface area contributed by atoms with E-state index in [1.54, 1.807) is 48.5 Å². The summed E-state index contributed by atoms with van der Waals surface area (Å²) in [6.07, 6.45) is -0.888. The molecule has 1 heterocycles. The highest BCUT2D eigenvalue weighted by atomic mass is 32.2. The fourth-order valence-electron chi connectivity index (χ4n) is 2.93. The second kappa shape index (κ2) is 8.08. The number of carbonyl (C=O) groups excluding carboxylic acids is 1. The smallest absolute Gasteiger partial charge is 0.356 e. The maximum absolute atomic E-state index is 12.7. The fraction of sp³-hybridized carbons (Fsp3) is 0.136. The van der Waals surface area contributed by atoms with Crippen LogP contribution in [0.3, 0.4) is 0 Å². The Morgan fingerprint density at radius 1 is 0.933 bits per heavy atom. The predicted octanol–water partition coefficient (Wildman–Crippen LogP) is 3.26. The lowest BCUT2D eigenvalue weighted by molar-refractivity contribution is -0.144. The second-order valence-electron chi connectivity index (χ2n) is 6.56. The van der Waals surface area contributed by atoms with Crippen molar-refractivity contribution in [3.8, 4) is 17.2 Å². The van der Waals surface area contributed by atoms with E-state index in [1.165, 1.54) is 35.6 Å². The molecular weight excluding hydrogens is 406 g/mol. The zero-order valence-electron chi connectivity index (χ0n) is 16.1. The minimum absolute atomic E-state index is 0.0476. The van der Waals surface area contributed by atoms with Crippen LogP contribution in [0.2, 0.25) is 0 Å². The van der Waals surface area contributed by atoms with Crippen molar-refractivity contribution in [1.29, 1.82) is 0 Å². The monoisotopic (exact) mass is 425 g/mol. The Hall–Kier alpha value is -3.52. The molecule has 0 bridgehead atoms. The van der Waals surface area contributed by atoms with E-state index in [1.807, 2.05) is 6.07 Å². The van der Waals surface area contributed by atoms with Crippen molar-refractivity contribution in [3.05, 3.63) is 78.9 Å². The summed E-state index contributed by atoms with van der Waals surface area (Å²) in [6, 6.07) is 21.4. The quantitative estimate of drug-likeness (QED) is 0.461. The summed E-state index contributed by atoms with van der Waals surface area (Å²) >= 11 is 0. The van der Waals surface area contributed by atoms with Gasteiger partial charge in [-0.2, -0.15) is 0 Å². The molecule has 7 nitrogen and oxygen atoms in total. The minimum atomic E-state index is -3.68. The number of esters is 1. The molecule has 1 aliphatic heterocycles. The first-order valence-electron chi connectivity index (χ1n) is 9.19. The molecule has 30 heavy (non-hydrogen) atoms. The van der Waals surface area contributed by atoms with Crippen molar-refractivity contribution < 1.29 is 27.4 Å². The molecule has 3 aromatic carbocycles. The molecule has 1 aliphatic rings. The van der Waals surface area contributed by atoms with E-state index in [4.69, 9.17) is 14.2 Å². The van der Waals surface area contributed by atoms with Crippen molar-refractivity contribution in [3.63, 3.8) is 0 Å². The number of benzene rings is 3. The first-order valence-corrected chi connectivity index (χ1v) is 10.6. The number of ether oxygens (including phenoxy) is 3.